The van der Waals surface area contributed by atoms with E-state index >= 15 is 0 Å². The molecule has 0 nitrogen and oxygen atoms in total. The highest BCUT2D eigenvalue weighted by Gasteiger charge is 1.97. The van der Waals surface area contributed by atoms with E-state index < -0.39 is 0 Å². The van der Waals surface area contributed by atoms with E-state index in [1.807, 2.05) is 0 Å². The summed E-state index contributed by atoms with van der Waals surface area (Å²) < 4.78 is 0.922. The van der Waals surface area contributed by atoms with Gasteiger partial charge in [0.2, 0.25) is 0 Å². The first kappa shape index (κ1) is 12.1. The minimum Gasteiger partial charge on any atom is -0.132 e. The highest BCUT2D eigenvalue weighted by atomic mass is 35.5. The zero-order valence-corrected chi connectivity index (χ0v) is 10.5. The molecule has 1 aromatic heterocycles. The first-order valence-electron chi connectivity index (χ1n) is 5.56. The third-order valence-electron chi connectivity index (χ3n) is 2.44. The first-order chi connectivity index (χ1) is 6.83. The van der Waals surface area contributed by atoms with E-state index in [0.29, 0.717) is 0 Å². The van der Waals surface area contributed by atoms with Crippen molar-refractivity contribution in [1.82, 2.24) is 0 Å². The molecule has 0 N–H and O–H groups in total. The van der Waals surface area contributed by atoms with Crippen molar-refractivity contribution in [2.45, 2.75) is 51.9 Å². The quantitative estimate of drug-likeness (QED) is 0.558. The van der Waals surface area contributed by atoms with Gasteiger partial charge in [0, 0.05) is 0 Å². The van der Waals surface area contributed by atoms with Gasteiger partial charge in [-0.1, -0.05) is 50.6 Å². The Labute approximate surface area is 96.3 Å². The molecule has 0 amide bonds. The number of hydrogen-bond donors (Lipinski definition) is 0. The first-order valence-corrected chi connectivity index (χ1v) is 6.81. The third-order valence-corrected chi connectivity index (χ3v) is 3.58. The molecule has 0 aliphatic heterocycles. The van der Waals surface area contributed by atoms with Gasteiger partial charge in [0.15, 0.2) is 0 Å². The second-order valence-electron chi connectivity index (χ2n) is 3.78. The van der Waals surface area contributed by atoms with Crippen LogP contribution in [0.25, 0.3) is 0 Å². The summed E-state index contributed by atoms with van der Waals surface area (Å²) in [7, 11) is 0. The summed E-state index contributed by atoms with van der Waals surface area (Å²) in [4.78, 5) is 0. The van der Waals surface area contributed by atoms with Gasteiger partial charge in [0.05, 0.1) is 4.34 Å². The van der Waals surface area contributed by atoms with Crippen LogP contribution in [0.1, 0.15) is 51.0 Å². The summed E-state index contributed by atoms with van der Waals surface area (Å²) >= 11 is 7.50. The summed E-state index contributed by atoms with van der Waals surface area (Å²) in [5.74, 6) is 0. The fourth-order valence-corrected chi connectivity index (χ4v) is 2.53. The van der Waals surface area contributed by atoms with Gasteiger partial charge in [-0.3, -0.25) is 0 Å². The highest BCUT2D eigenvalue weighted by Crippen LogP contribution is 2.21. The van der Waals surface area contributed by atoms with Crippen molar-refractivity contribution in [2.75, 3.05) is 0 Å². The summed E-state index contributed by atoms with van der Waals surface area (Å²) in [5, 5.41) is 2.17. The molecule has 1 aromatic rings. The Bertz CT molecular complexity index is 242. The fourth-order valence-electron chi connectivity index (χ4n) is 1.59. The zero-order valence-electron chi connectivity index (χ0n) is 8.89. The Morgan fingerprint density at radius 1 is 1.14 bits per heavy atom. The maximum Gasteiger partial charge on any atom is 0.0931 e. The van der Waals surface area contributed by atoms with Crippen LogP contribution in [0.3, 0.4) is 0 Å². The molecule has 0 aliphatic rings. The second kappa shape index (κ2) is 7.30. The van der Waals surface area contributed by atoms with Crippen LogP contribution in [0.2, 0.25) is 4.34 Å². The summed E-state index contributed by atoms with van der Waals surface area (Å²) in [6.45, 7) is 2.26. The van der Waals surface area contributed by atoms with E-state index in [-0.39, 0.29) is 0 Å². The van der Waals surface area contributed by atoms with E-state index in [4.69, 9.17) is 11.6 Å². The SMILES string of the molecule is CCCCCCCCc1csc(Cl)c1. The lowest BCUT2D eigenvalue weighted by molar-refractivity contribution is 0.608. The molecule has 0 unspecified atom stereocenters. The van der Waals surface area contributed by atoms with Crippen LogP contribution in [0, 0.1) is 0 Å². The molecule has 1 heterocycles. The molecule has 14 heavy (non-hydrogen) atoms. The number of thiophene rings is 1. The Morgan fingerprint density at radius 3 is 2.50 bits per heavy atom. The number of hydrogen-bond acceptors (Lipinski definition) is 1. The summed E-state index contributed by atoms with van der Waals surface area (Å²) in [5.41, 5.74) is 1.41. The monoisotopic (exact) mass is 230 g/mol. The van der Waals surface area contributed by atoms with Crippen molar-refractivity contribution in [1.29, 1.82) is 0 Å². The molecule has 0 aromatic carbocycles. The van der Waals surface area contributed by atoms with Crippen LogP contribution in [-0.4, -0.2) is 0 Å². The number of rotatable bonds is 7. The number of unbranched alkanes of at least 4 members (excludes halogenated alkanes) is 5. The van der Waals surface area contributed by atoms with Gasteiger partial charge in [0.25, 0.3) is 0 Å². The Balaban J connectivity index is 1.99. The maximum atomic E-state index is 5.86. The lowest BCUT2D eigenvalue weighted by atomic mass is 10.1. The third kappa shape index (κ3) is 5.02. The maximum absolute atomic E-state index is 5.86. The van der Waals surface area contributed by atoms with E-state index in [9.17, 15) is 0 Å². The molecular weight excluding hydrogens is 212 g/mol. The van der Waals surface area contributed by atoms with E-state index in [2.05, 4.69) is 18.4 Å². The van der Waals surface area contributed by atoms with E-state index in [1.54, 1.807) is 11.3 Å². The standard InChI is InChI=1S/C12H19ClS/c1-2-3-4-5-6-7-8-11-9-12(13)14-10-11/h9-10H,2-8H2,1H3. The zero-order chi connectivity index (χ0) is 10.2. The molecule has 80 valence electrons. The summed E-state index contributed by atoms with van der Waals surface area (Å²) in [6, 6.07) is 2.10. The van der Waals surface area contributed by atoms with Gasteiger partial charge >= 0.3 is 0 Å². The van der Waals surface area contributed by atoms with Crippen LogP contribution in [0.4, 0.5) is 0 Å². The minimum atomic E-state index is 0.922. The van der Waals surface area contributed by atoms with Crippen molar-refractivity contribution in [2.24, 2.45) is 0 Å². The molecule has 0 aliphatic carbocycles. The highest BCUT2D eigenvalue weighted by molar-refractivity contribution is 7.14. The molecule has 0 bridgehead atoms. The van der Waals surface area contributed by atoms with Crippen molar-refractivity contribution in [3.05, 3.63) is 21.3 Å². The van der Waals surface area contributed by atoms with Crippen LogP contribution in [-0.2, 0) is 6.42 Å². The second-order valence-corrected chi connectivity index (χ2v) is 5.32. The molecule has 2 heteroatoms. The summed E-state index contributed by atoms with van der Waals surface area (Å²) in [6.07, 6.45) is 9.41. The molecule has 1 rings (SSSR count). The molecule has 0 atom stereocenters. The average molecular weight is 231 g/mol. The predicted octanol–water partition coefficient (Wildman–Crippen LogP) is 5.30. The Morgan fingerprint density at radius 2 is 1.86 bits per heavy atom. The van der Waals surface area contributed by atoms with Crippen molar-refractivity contribution < 1.29 is 0 Å². The van der Waals surface area contributed by atoms with E-state index in [0.717, 1.165) is 4.34 Å². The van der Waals surface area contributed by atoms with Crippen molar-refractivity contribution in [3.8, 4) is 0 Å². The minimum absolute atomic E-state index is 0.922. The van der Waals surface area contributed by atoms with Crippen LogP contribution >= 0.6 is 22.9 Å². The predicted molar refractivity (Wildman–Crippen MR) is 66.4 cm³/mol. The van der Waals surface area contributed by atoms with Crippen molar-refractivity contribution in [3.63, 3.8) is 0 Å². The molecule has 0 radical (unpaired) electrons. The molecule has 0 fully saturated rings. The van der Waals surface area contributed by atoms with Crippen LogP contribution < -0.4 is 0 Å². The van der Waals surface area contributed by atoms with Gasteiger partial charge < -0.3 is 0 Å². The Kier molecular flexibility index (Phi) is 6.29. The van der Waals surface area contributed by atoms with Crippen LogP contribution in [0.15, 0.2) is 11.4 Å². The van der Waals surface area contributed by atoms with Gasteiger partial charge in [-0.05, 0) is 29.9 Å². The van der Waals surface area contributed by atoms with Gasteiger partial charge in [-0.25, -0.2) is 0 Å². The number of aryl methyl sites for hydroxylation is 1. The Hall–Kier alpha value is -0.0100. The topological polar surface area (TPSA) is 0 Å². The van der Waals surface area contributed by atoms with E-state index in [1.165, 1.54) is 50.5 Å². The molecule has 0 saturated carbocycles. The normalized spacial score (nSPS) is 10.7. The lowest BCUT2D eigenvalue weighted by Gasteiger charge is -1.99. The molecule has 0 saturated heterocycles. The van der Waals surface area contributed by atoms with Crippen molar-refractivity contribution >= 4 is 22.9 Å². The average Bonchev–Trinajstić information content (AvgIpc) is 2.58. The molecular formula is C12H19ClS. The van der Waals surface area contributed by atoms with Crippen LogP contribution in [0.5, 0.6) is 0 Å². The molecule has 0 spiro atoms. The largest absolute Gasteiger partial charge is 0.132 e. The fraction of sp³-hybridized carbons (Fsp3) is 0.667. The smallest absolute Gasteiger partial charge is 0.0931 e. The number of halogens is 1. The van der Waals surface area contributed by atoms with Gasteiger partial charge in [-0.2, -0.15) is 0 Å². The van der Waals surface area contributed by atoms with Gasteiger partial charge in [0.1, 0.15) is 0 Å². The lowest BCUT2D eigenvalue weighted by Crippen LogP contribution is -1.83. The van der Waals surface area contributed by atoms with Gasteiger partial charge in [-0.15, -0.1) is 11.3 Å².